The maximum atomic E-state index is 12.4. The molecule has 5 heteroatoms. The summed E-state index contributed by atoms with van der Waals surface area (Å²) < 4.78 is 0.778. The largest absolute Gasteiger partial charge is 0.481 e. The zero-order valence-corrected chi connectivity index (χ0v) is 12.1. The Morgan fingerprint density at radius 3 is 2.79 bits per heavy atom. The van der Waals surface area contributed by atoms with Gasteiger partial charge in [-0.1, -0.05) is 12.1 Å². The van der Waals surface area contributed by atoms with Gasteiger partial charge in [0.15, 0.2) is 0 Å². The van der Waals surface area contributed by atoms with Crippen LogP contribution in [0.25, 0.3) is 0 Å². The number of likely N-dealkylation sites (tertiary alicyclic amines) is 1. The molecule has 0 aromatic heterocycles. The molecule has 0 radical (unpaired) electrons. The number of nitrogens with zero attached hydrogens (tertiary/aromatic N) is 1. The standard InChI is InChI=1S/C14H16BrNO3/c15-12-6-2-1-5-11(12)14(19)16-7-3-4-10(9-16)8-13(17)18/h1-2,5-6,10H,3-4,7-9H2,(H,17,18). The molecule has 1 fully saturated rings. The Balaban J connectivity index is 2.07. The molecule has 1 heterocycles. The van der Waals surface area contributed by atoms with E-state index in [9.17, 15) is 9.59 Å². The van der Waals surface area contributed by atoms with E-state index in [0.29, 0.717) is 18.7 Å². The summed E-state index contributed by atoms with van der Waals surface area (Å²) in [6, 6.07) is 7.32. The topological polar surface area (TPSA) is 57.6 Å². The number of carboxylic acid groups (broad SMARTS) is 1. The monoisotopic (exact) mass is 325 g/mol. The van der Waals surface area contributed by atoms with Gasteiger partial charge >= 0.3 is 5.97 Å². The number of carboxylic acids is 1. The number of hydrogen-bond acceptors (Lipinski definition) is 2. The lowest BCUT2D eigenvalue weighted by molar-refractivity contribution is -0.138. The normalized spacial score (nSPS) is 19.2. The maximum absolute atomic E-state index is 12.4. The Kier molecular flexibility index (Phi) is 4.58. The molecule has 1 atom stereocenters. The minimum Gasteiger partial charge on any atom is -0.481 e. The van der Waals surface area contributed by atoms with Gasteiger partial charge in [-0.05, 0) is 46.8 Å². The van der Waals surface area contributed by atoms with Crippen LogP contribution in [0.15, 0.2) is 28.7 Å². The lowest BCUT2D eigenvalue weighted by atomic mass is 9.94. The van der Waals surface area contributed by atoms with E-state index in [0.717, 1.165) is 17.3 Å². The van der Waals surface area contributed by atoms with Crippen molar-refractivity contribution in [1.82, 2.24) is 4.90 Å². The second-order valence-electron chi connectivity index (χ2n) is 4.84. The van der Waals surface area contributed by atoms with Crippen molar-refractivity contribution in [3.8, 4) is 0 Å². The van der Waals surface area contributed by atoms with Gasteiger partial charge in [-0.2, -0.15) is 0 Å². The SMILES string of the molecule is O=C(O)CC1CCCN(C(=O)c2ccccc2Br)C1. The number of aliphatic carboxylic acids is 1. The zero-order valence-electron chi connectivity index (χ0n) is 10.5. The first-order valence-corrected chi connectivity index (χ1v) is 7.13. The number of halogens is 1. The summed E-state index contributed by atoms with van der Waals surface area (Å²) in [5, 5.41) is 8.84. The average Bonchev–Trinajstić information content (AvgIpc) is 2.38. The van der Waals surface area contributed by atoms with Crippen LogP contribution in [0.3, 0.4) is 0 Å². The molecule has 19 heavy (non-hydrogen) atoms. The molecule has 0 saturated carbocycles. The van der Waals surface area contributed by atoms with Crippen LogP contribution in [0.2, 0.25) is 0 Å². The second-order valence-corrected chi connectivity index (χ2v) is 5.69. The lowest BCUT2D eigenvalue weighted by Gasteiger charge is -2.32. The second kappa shape index (κ2) is 6.19. The number of benzene rings is 1. The van der Waals surface area contributed by atoms with E-state index in [1.807, 2.05) is 18.2 Å². The third-order valence-electron chi connectivity index (χ3n) is 3.37. The predicted molar refractivity (Wildman–Crippen MR) is 75.0 cm³/mol. The number of hydrogen-bond donors (Lipinski definition) is 1. The van der Waals surface area contributed by atoms with Crippen LogP contribution in [-0.4, -0.2) is 35.0 Å². The maximum Gasteiger partial charge on any atom is 0.303 e. The Labute approximate surface area is 120 Å². The zero-order chi connectivity index (χ0) is 13.8. The molecule has 0 bridgehead atoms. The third kappa shape index (κ3) is 3.56. The molecular formula is C14H16BrNO3. The van der Waals surface area contributed by atoms with Crippen LogP contribution >= 0.6 is 15.9 Å². The fraction of sp³-hybridized carbons (Fsp3) is 0.429. The van der Waals surface area contributed by atoms with E-state index < -0.39 is 5.97 Å². The molecule has 1 aromatic carbocycles. The number of carbonyl (C=O) groups excluding carboxylic acids is 1. The Morgan fingerprint density at radius 1 is 1.37 bits per heavy atom. The number of rotatable bonds is 3. The summed E-state index contributed by atoms with van der Waals surface area (Å²) in [5.41, 5.74) is 0.637. The van der Waals surface area contributed by atoms with Crippen molar-refractivity contribution in [2.24, 2.45) is 5.92 Å². The van der Waals surface area contributed by atoms with Crippen molar-refractivity contribution in [2.45, 2.75) is 19.3 Å². The van der Waals surface area contributed by atoms with Gasteiger partial charge in [-0.15, -0.1) is 0 Å². The first kappa shape index (κ1) is 14.1. The van der Waals surface area contributed by atoms with Crippen molar-refractivity contribution in [2.75, 3.05) is 13.1 Å². The lowest BCUT2D eigenvalue weighted by Crippen LogP contribution is -2.40. The van der Waals surface area contributed by atoms with Gasteiger partial charge in [0, 0.05) is 24.0 Å². The molecule has 1 saturated heterocycles. The molecular weight excluding hydrogens is 310 g/mol. The van der Waals surface area contributed by atoms with Crippen molar-refractivity contribution >= 4 is 27.8 Å². The quantitative estimate of drug-likeness (QED) is 0.929. The van der Waals surface area contributed by atoms with Gasteiger partial charge in [0.25, 0.3) is 5.91 Å². The summed E-state index contributed by atoms with van der Waals surface area (Å²) in [6.45, 7) is 1.24. The van der Waals surface area contributed by atoms with Crippen LogP contribution in [-0.2, 0) is 4.79 Å². The minimum absolute atomic E-state index is 0.0254. The molecule has 0 spiro atoms. The van der Waals surface area contributed by atoms with Gasteiger partial charge < -0.3 is 10.0 Å². The fourth-order valence-corrected chi connectivity index (χ4v) is 2.92. The van der Waals surface area contributed by atoms with Crippen molar-refractivity contribution in [1.29, 1.82) is 0 Å². The summed E-state index contributed by atoms with van der Waals surface area (Å²) in [4.78, 5) is 24.9. The third-order valence-corrected chi connectivity index (χ3v) is 4.07. The molecule has 1 N–H and O–H groups in total. The number of amides is 1. The Bertz CT molecular complexity index is 489. The van der Waals surface area contributed by atoms with E-state index in [2.05, 4.69) is 15.9 Å². The summed E-state index contributed by atoms with van der Waals surface area (Å²) in [6.07, 6.45) is 1.89. The van der Waals surface area contributed by atoms with Gasteiger partial charge in [0.2, 0.25) is 0 Å². The number of carbonyl (C=O) groups is 2. The van der Waals surface area contributed by atoms with Crippen LogP contribution in [0.5, 0.6) is 0 Å². The molecule has 1 aliphatic rings. The van der Waals surface area contributed by atoms with Crippen molar-refractivity contribution in [3.05, 3.63) is 34.3 Å². The van der Waals surface area contributed by atoms with Crippen LogP contribution in [0, 0.1) is 5.92 Å². The van der Waals surface area contributed by atoms with E-state index >= 15 is 0 Å². The highest BCUT2D eigenvalue weighted by atomic mass is 79.9. The molecule has 4 nitrogen and oxygen atoms in total. The van der Waals surface area contributed by atoms with Gasteiger partial charge in [0.05, 0.1) is 5.56 Å². The van der Waals surface area contributed by atoms with E-state index in [1.54, 1.807) is 11.0 Å². The highest BCUT2D eigenvalue weighted by Crippen LogP contribution is 2.24. The van der Waals surface area contributed by atoms with Crippen LogP contribution < -0.4 is 0 Å². The number of piperidine rings is 1. The van der Waals surface area contributed by atoms with Gasteiger partial charge in [-0.3, -0.25) is 9.59 Å². The van der Waals surface area contributed by atoms with Gasteiger partial charge in [-0.25, -0.2) is 0 Å². The summed E-state index contributed by atoms with van der Waals surface area (Å²) >= 11 is 3.38. The van der Waals surface area contributed by atoms with E-state index in [-0.39, 0.29) is 18.2 Å². The Hall–Kier alpha value is -1.36. The smallest absolute Gasteiger partial charge is 0.303 e. The average molecular weight is 326 g/mol. The fourth-order valence-electron chi connectivity index (χ4n) is 2.47. The summed E-state index contributed by atoms with van der Waals surface area (Å²) in [5.74, 6) is -0.750. The van der Waals surface area contributed by atoms with E-state index in [1.165, 1.54) is 0 Å². The molecule has 1 unspecified atom stereocenters. The Morgan fingerprint density at radius 2 is 2.11 bits per heavy atom. The van der Waals surface area contributed by atoms with Crippen molar-refractivity contribution < 1.29 is 14.7 Å². The first-order valence-electron chi connectivity index (χ1n) is 6.33. The molecule has 1 amide bonds. The minimum atomic E-state index is -0.791. The highest BCUT2D eigenvalue weighted by molar-refractivity contribution is 9.10. The van der Waals surface area contributed by atoms with Crippen LogP contribution in [0.4, 0.5) is 0 Å². The molecule has 2 rings (SSSR count). The molecule has 102 valence electrons. The highest BCUT2D eigenvalue weighted by Gasteiger charge is 2.26. The predicted octanol–water partition coefficient (Wildman–Crippen LogP) is 2.78. The molecule has 0 aliphatic carbocycles. The van der Waals surface area contributed by atoms with E-state index in [4.69, 9.17) is 5.11 Å². The van der Waals surface area contributed by atoms with Crippen molar-refractivity contribution in [3.63, 3.8) is 0 Å². The summed E-state index contributed by atoms with van der Waals surface area (Å²) in [7, 11) is 0. The molecule has 1 aliphatic heterocycles. The molecule has 1 aromatic rings. The first-order chi connectivity index (χ1) is 9.08. The van der Waals surface area contributed by atoms with Crippen LogP contribution in [0.1, 0.15) is 29.6 Å². The van der Waals surface area contributed by atoms with Gasteiger partial charge in [0.1, 0.15) is 0 Å².